The predicted octanol–water partition coefficient (Wildman–Crippen LogP) is 5.29. The molecule has 1 aliphatic carbocycles. The van der Waals surface area contributed by atoms with Crippen LogP contribution in [0.4, 0.5) is 4.39 Å². The van der Waals surface area contributed by atoms with Gasteiger partial charge in [0.25, 0.3) is 0 Å². The van der Waals surface area contributed by atoms with Crippen LogP contribution in [0.15, 0.2) is 12.1 Å². The Labute approximate surface area is 140 Å². The molecule has 1 heterocycles. The maximum Gasteiger partial charge on any atom is 0.178 e. The van der Waals surface area contributed by atoms with E-state index in [4.69, 9.17) is 12.2 Å². The Balaban J connectivity index is 2.17. The standard InChI is InChI=1S/C14H16FIN2S2/c1-20-13-5-3-2-4-11(13)18-12-6-8(15)9(16)7-10(12)17-14(18)19/h6-7,11,13H,2-5H2,1H3,(H,17,19). The van der Waals surface area contributed by atoms with Crippen LogP contribution in [0.3, 0.4) is 0 Å². The zero-order chi connectivity index (χ0) is 14.3. The van der Waals surface area contributed by atoms with Crippen LogP contribution >= 0.6 is 46.6 Å². The first-order valence-electron chi connectivity index (χ1n) is 6.74. The molecule has 108 valence electrons. The van der Waals surface area contributed by atoms with Gasteiger partial charge in [0.15, 0.2) is 4.77 Å². The van der Waals surface area contributed by atoms with Crippen molar-refractivity contribution < 1.29 is 4.39 Å². The van der Waals surface area contributed by atoms with E-state index in [0.29, 0.717) is 19.6 Å². The van der Waals surface area contributed by atoms with Gasteiger partial charge in [0.2, 0.25) is 0 Å². The lowest BCUT2D eigenvalue weighted by Crippen LogP contribution is -2.25. The molecule has 1 aromatic carbocycles. The van der Waals surface area contributed by atoms with Crippen molar-refractivity contribution in [3.8, 4) is 0 Å². The van der Waals surface area contributed by atoms with Crippen LogP contribution in [-0.4, -0.2) is 21.1 Å². The third-order valence-corrected chi connectivity index (χ3v) is 6.34. The van der Waals surface area contributed by atoms with Crippen molar-refractivity contribution in [2.45, 2.75) is 37.0 Å². The minimum absolute atomic E-state index is 0.169. The van der Waals surface area contributed by atoms with Crippen molar-refractivity contribution in [1.29, 1.82) is 0 Å². The number of aromatic amines is 1. The number of thioether (sulfide) groups is 1. The Kier molecular flexibility index (Phi) is 4.42. The quantitative estimate of drug-likeness (QED) is 0.525. The molecule has 1 aliphatic rings. The van der Waals surface area contributed by atoms with Crippen LogP contribution in [0.1, 0.15) is 31.7 Å². The van der Waals surface area contributed by atoms with Crippen LogP contribution in [-0.2, 0) is 0 Å². The normalized spacial score (nSPS) is 23.4. The Morgan fingerprint density at radius 2 is 2.15 bits per heavy atom. The molecule has 1 aromatic heterocycles. The number of hydrogen-bond acceptors (Lipinski definition) is 2. The molecule has 2 nitrogen and oxygen atoms in total. The summed E-state index contributed by atoms with van der Waals surface area (Å²) in [6, 6.07) is 3.84. The fraction of sp³-hybridized carbons (Fsp3) is 0.500. The van der Waals surface area contributed by atoms with E-state index in [9.17, 15) is 4.39 Å². The molecule has 0 aliphatic heterocycles. The van der Waals surface area contributed by atoms with E-state index >= 15 is 0 Å². The number of imidazole rings is 1. The van der Waals surface area contributed by atoms with Gasteiger partial charge in [-0.15, -0.1) is 0 Å². The van der Waals surface area contributed by atoms with Gasteiger partial charge in [-0.3, -0.25) is 0 Å². The van der Waals surface area contributed by atoms with Crippen molar-refractivity contribution in [3.05, 3.63) is 26.3 Å². The summed E-state index contributed by atoms with van der Waals surface area (Å²) in [5.74, 6) is -0.169. The summed E-state index contributed by atoms with van der Waals surface area (Å²) in [7, 11) is 0. The summed E-state index contributed by atoms with van der Waals surface area (Å²) in [6.45, 7) is 0. The summed E-state index contributed by atoms with van der Waals surface area (Å²) in [5.41, 5.74) is 1.84. The molecule has 1 saturated carbocycles. The molecule has 0 radical (unpaired) electrons. The van der Waals surface area contributed by atoms with Crippen molar-refractivity contribution >= 4 is 57.6 Å². The van der Waals surface area contributed by atoms with Gasteiger partial charge in [-0.25, -0.2) is 4.39 Å². The van der Waals surface area contributed by atoms with E-state index in [1.165, 1.54) is 19.3 Å². The summed E-state index contributed by atoms with van der Waals surface area (Å²) in [5, 5.41) is 0.566. The zero-order valence-electron chi connectivity index (χ0n) is 11.2. The van der Waals surface area contributed by atoms with Crippen molar-refractivity contribution in [2.24, 2.45) is 0 Å². The molecule has 0 saturated heterocycles. The first-order valence-corrected chi connectivity index (χ1v) is 9.51. The molecule has 6 heteroatoms. The number of rotatable bonds is 2. The van der Waals surface area contributed by atoms with Gasteiger partial charge < -0.3 is 9.55 Å². The largest absolute Gasteiger partial charge is 0.331 e. The molecule has 2 unspecified atom stereocenters. The first-order chi connectivity index (χ1) is 9.61. The molecule has 0 amide bonds. The molecule has 1 fully saturated rings. The molecule has 2 atom stereocenters. The van der Waals surface area contributed by atoms with Gasteiger partial charge in [-0.2, -0.15) is 11.8 Å². The second kappa shape index (κ2) is 5.96. The molecule has 2 aromatic rings. The smallest absolute Gasteiger partial charge is 0.178 e. The van der Waals surface area contributed by atoms with Crippen LogP contribution in [0, 0.1) is 14.2 Å². The number of hydrogen-bond donors (Lipinski definition) is 1. The zero-order valence-corrected chi connectivity index (χ0v) is 14.9. The summed E-state index contributed by atoms with van der Waals surface area (Å²) >= 11 is 9.41. The first kappa shape index (κ1) is 14.8. The molecular weight excluding hydrogens is 406 g/mol. The highest BCUT2D eigenvalue weighted by Crippen LogP contribution is 2.38. The van der Waals surface area contributed by atoms with Crippen LogP contribution < -0.4 is 0 Å². The molecular formula is C14H16FIN2S2. The lowest BCUT2D eigenvalue weighted by atomic mass is 9.94. The van der Waals surface area contributed by atoms with Crippen LogP contribution in [0.25, 0.3) is 11.0 Å². The van der Waals surface area contributed by atoms with Crippen LogP contribution in [0.2, 0.25) is 0 Å². The Morgan fingerprint density at radius 1 is 1.40 bits per heavy atom. The number of aromatic nitrogens is 2. The van der Waals surface area contributed by atoms with Crippen molar-refractivity contribution in [3.63, 3.8) is 0 Å². The molecule has 1 N–H and O–H groups in total. The van der Waals surface area contributed by atoms with E-state index in [2.05, 4.69) is 15.8 Å². The third kappa shape index (κ3) is 2.54. The van der Waals surface area contributed by atoms with Crippen molar-refractivity contribution in [1.82, 2.24) is 9.55 Å². The molecule has 0 spiro atoms. The molecule has 0 bridgehead atoms. The Bertz CT molecular complexity index is 694. The summed E-state index contributed by atoms with van der Waals surface area (Å²) < 4.78 is 17.4. The number of H-pyrrole nitrogens is 1. The highest BCUT2D eigenvalue weighted by atomic mass is 127. The van der Waals surface area contributed by atoms with Gasteiger partial charge in [-0.05, 0) is 60.0 Å². The maximum atomic E-state index is 13.9. The second-order valence-electron chi connectivity index (χ2n) is 5.21. The topological polar surface area (TPSA) is 20.7 Å². The highest BCUT2D eigenvalue weighted by molar-refractivity contribution is 14.1. The average Bonchev–Trinajstić information content (AvgIpc) is 2.74. The average molecular weight is 422 g/mol. The molecule has 20 heavy (non-hydrogen) atoms. The van der Waals surface area contributed by atoms with Gasteiger partial charge in [0, 0.05) is 17.4 Å². The van der Waals surface area contributed by atoms with Gasteiger partial charge in [0.05, 0.1) is 14.6 Å². The van der Waals surface area contributed by atoms with Gasteiger partial charge >= 0.3 is 0 Å². The second-order valence-corrected chi connectivity index (χ2v) is 7.84. The van der Waals surface area contributed by atoms with Gasteiger partial charge in [0.1, 0.15) is 5.82 Å². The minimum atomic E-state index is -0.169. The Morgan fingerprint density at radius 3 is 2.90 bits per heavy atom. The number of fused-ring (bicyclic) bond motifs is 1. The van der Waals surface area contributed by atoms with E-state index in [1.54, 1.807) is 6.07 Å². The minimum Gasteiger partial charge on any atom is -0.331 e. The lowest BCUT2D eigenvalue weighted by molar-refractivity contribution is 0.368. The van der Waals surface area contributed by atoms with Crippen molar-refractivity contribution in [2.75, 3.05) is 6.26 Å². The lowest BCUT2D eigenvalue weighted by Gasteiger charge is -2.31. The predicted molar refractivity (Wildman–Crippen MR) is 94.6 cm³/mol. The summed E-state index contributed by atoms with van der Waals surface area (Å²) in [4.78, 5) is 3.23. The fourth-order valence-electron chi connectivity index (χ4n) is 3.10. The monoisotopic (exact) mass is 422 g/mol. The maximum absolute atomic E-state index is 13.9. The van der Waals surface area contributed by atoms with E-state index in [-0.39, 0.29) is 5.82 Å². The summed E-state index contributed by atoms with van der Waals surface area (Å²) in [6.07, 6.45) is 7.01. The third-order valence-electron chi connectivity index (χ3n) is 4.06. The fourth-order valence-corrected chi connectivity index (χ4v) is 4.88. The Hall–Kier alpha value is -0.0800. The van der Waals surface area contributed by atoms with E-state index < -0.39 is 0 Å². The molecule has 3 rings (SSSR count). The van der Waals surface area contributed by atoms with E-state index in [0.717, 1.165) is 17.5 Å². The number of benzene rings is 1. The highest BCUT2D eigenvalue weighted by Gasteiger charge is 2.27. The van der Waals surface area contributed by atoms with Crippen LogP contribution in [0.5, 0.6) is 0 Å². The number of nitrogens with zero attached hydrogens (tertiary/aromatic N) is 1. The number of halogens is 2. The van der Waals surface area contributed by atoms with Gasteiger partial charge in [-0.1, -0.05) is 12.8 Å². The SMILES string of the molecule is CSC1CCCCC1n1c(=S)[nH]c2cc(I)c(F)cc21. The number of nitrogens with one attached hydrogen (secondary N) is 1. The van der Waals surface area contributed by atoms with E-state index in [1.807, 2.05) is 40.4 Å².